The van der Waals surface area contributed by atoms with Gasteiger partial charge >= 0.3 is 6.03 Å². The van der Waals surface area contributed by atoms with E-state index in [9.17, 15) is 9.59 Å². The molecule has 2 aromatic carbocycles. The normalized spacial score (nSPS) is 17.5. The second-order valence-corrected chi connectivity index (χ2v) is 4.63. The lowest BCUT2D eigenvalue weighted by molar-refractivity contribution is -0.118. The Balaban J connectivity index is 1.92. The Morgan fingerprint density at radius 1 is 1.00 bits per heavy atom. The molecule has 0 saturated carbocycles. The minimum atomic E-state index is -0.672. The van der Waals surface area contributed by atoms with Crippen LogP contribution in [-0.2, 0) is 4.79 Å². The zero-order valence-corrected chi connectivity index (χ0v) is 11.0. The summed E-state index contributed by atoms with van der Waals surface area (Å²) in [7, 11) is 0. The van der Waals surface area contributed by atoms with Gasteiger partial charge in [-0.25, -0.2) is 9.69 Å². The Bertz CT molecular complexity index is 732. The van der Waals surface area contributed by atoms with E-state index in [4.69, 9.17) is 5.26 Å². The molecule has 1 unspecified atom stereocenters. The van der Waals surface area contributed by atoms with Crippen LogP contribution in [0.15, 0.2) is 54.6 Å². The third kappa shape index (κ3) is 2.23. The quantitative estimate of drug-likeness (QED) is 0.856. The van der Waals surface area contributed by atoms with Crippen LogP contribution in [0.5, 0.6) is 0 Å². The summed E-state index contributed by atoms with van der Waals surface area (Å²) in [4.78, 5) is 25.6. The average molecular weight is 277 g/mol. The van der Waals surface area contributed by atoms with E-state index in [-0.39, 0.29) is 5.91 Å². The third-order valence-corrected chi connectivity index (χ3v) is 3.33. The van der Waals surface area contributed by atoms with E-state index in [1.165, 1.54) is 0 Å². The number of nitrogens with zero attached hydrogens (tertiary/aromatic N) is 2. The van der Waals surface area contributed by atoms with Crippen molar-refractivity contribution >= 4 is 17.6 Å². The summed E-state index contributed by atoms with van der Waals surface area (Å²) in [5, 5.41) is 11.4. The van der Waals surface area contributed by atoms with Gasteiger partial charge in [0.15, 0.2) is 0 Å². The first-order valence-corrected chi connectivity index (χ1v) is 6.40. The van der Waals surface area contributed by atoms with Crippen LogP contribution in [-0.4, -0.2) is 11.9 Å². The Hall–Kier alpha value is -3.13. The molecule has 3 amide bonds. The molecule has 0 bridgehead atoms. The maximum atomic E-state index is 12.4. The van der Waals surface area contributed by atoms with Gasteiger partial charge in [0.25, 0.3) is 5.91 Å². The van der Waals surface area contributed by atoms with Gasteiger partial charge in [0, 0.05) is 0 Å². The number of hydrogen-bond acceptors (Lipinski definition) is 3. The number of anilines is 1. The number of benzene rings is 2. The highest BCUT2D eigenvalue weighted by molar-refractivity contribution is 6.21. The highest BCUT2D eigenvalue weighted by Gasteiger charge is 2.39. The van der Waals surface area contributed by atoms with Crippen molar-refractivity contribution in [1.82, 2.24) is 5.32 Å². The van der Waals surface area contributed by atoms with Crippen LogP contribution in [0.25, 0.3) is 0 Å². The van der Waals surface area contributed by atoms with Crippen molar-refractivity contribution in [2.45, 2.75) is 6.04 Å². The van der Waals surface area contributed by atoms with E-state index >= 15 is 0 Å². The van der Waals surface area contributed by atoms with Gasteiger partial charge in [0.2, 0.25) is 0 Å². The van der Waals surface area contributed by atoms with E-state index in [0.29, 0.717) is 11.3 Å². The van der Waals surface area contributed by atoms with E-state index in [1.54, 1.807) is 36.4 Å². The van der Waals surface area contributed by atoms with Crippen LogP contribution in [0.1, 0.15) is 17.2 Å². The number of carbonyl (C=O) groups is 2. The van der Waals surface area contributed by atoms with Crippen LogP contribution in [0, 0.1) is 11.3 Å². The maximum Gasteiger partial charge on any atom is 0.329 e. The lowest BCUT2D eigenvalue weighted by atomic mass is 10.1. The lowest BCUT2D eigenvalue weighted by Gasteiger charge is -2.13. The fraction of sp³-hybridized carbons (Fsp3) is 0.0625. The third-order valence-electron chi connectivity index (χ3n) is 3.33. The summed E-state index contributed by atoms with van der Waals surface area (Å²) in [6.45, 7) is 0. The number of hydrogen-bond donors (Lipinski definition) is 1. The Labute approximate surface area is 121 Å². The fourth-order valence-electron chi connectivity index (χ4n) is 2.28. The van der Waals surface area contributed by atoms with Gasteiger partial charge in [-0.05, 0) is 29.8 Å². The van der Waals surface area contributed by atoms with Crippen LogP contribution >= 0.6 is 0 Å². The molecule has 1 aliphatic heterocycles. The molecule has 0 aliphatic carbocycles. The Morgan fingerprint density at radius 2 is 1.67 bits per heavy atom. The molecule has 1 aliphatic rings. The zero-order chi connectivity index (χ0) is 14.8. The van der Waals surface area contributed by atoms with Crippen molar-refractivity contribution in [3.05, 3.63) is 65.7 Å². The van der Waals surface area contributed by atoms with Crippen LogP contribution in [0.4, 0.5) is 10.5 Å². The predicted molar refractivity (Wildman–Crippen MR) is 76.4 cm³/mol. The van der Waals surface area contributed by atoms with Gasteiger partial charge in [-0.2, -0.15) is 5.26 Å². The van der Waals surface area contributed by atoms with Gasteiger partial charge in [-0.1, -0.05) is 30.3 Å². The van der Waals surface area contributed by atoms with Gasteiger partial charge in [-0.3, -0.25) is 4.79 Å². The van der Waals surface area contributed by atoms with Crippen molar-refractivity contribution < 1.29 is 9.59 Å². The molecule has 0 spiro atoms. The van der Waals surface area contributed by atoms with E-state index in [1.807, 2.05) is 24.3 Å². The monoisotopic (exact) mass is 277 g/mol. The number of urea groups is 1. The smallest absolute Gasteiger partial charge is 0.321 e. The average Bonchev–Trinajstić information content (AvgIpc) is 2.83. The van der Waals surface area contributed by atoms with Crippen molar-refractivity contribution in [3.63, 3.8) is 0 Å². The molecule has 1 heterocycles. The molecule has 1 atom stereocenters. The molecule has 1 fully saturated rings. The Morgan fingerprint density at radius 3 is 2.29 bits per heavy atom. The van der Waals surface area contributed by atoms with Crippen molar-refractivity contribution in [2.75, 3.05) is 4.90 Å². The van der Waals surface area contributed by atoms with Crippen molar-refractivity contribution in [3.8, 4) is 6.07 Å². The van der Waals surface area contributed by atoms with Gasteiger partial charge in [0.1, 0.15) is 6.04 Å². The largest absolute Gasteiger partial charge is 0.329 e. The van der Waals surface area contributed by atoms with Crippen molar-refractivity contribution in [2.24, 2.45) is 0 Å². The number of nitriles is 1. The van der Waals surface area contributed by atoms with Crippen LogP contribution in [0.3, 0.4) is 0 Å². The summed E-state index contributed by atoms with van der Waals surface area (Å²) in [5.74, 6) is -0.323. The predicted octanol–water partition coefficient (Wildman–Crippen LogP) is 2.36. The highest BCUT2D eigenvalue weighted by Crippen LogP contribution is 2.26. The molecule has 3 rings (SSSR count). The summed E-state index contributed by atoms with van der Waals surface area (Å²) >= 11 is 0. The number of amides is 3. The molecule has 102 valence electrons. The molecular weight excluding hydrogens is 266 g/mol. The summed E-state index contributed by atoms with van der Waals surface area (Å²) < 4.78 is 0. The number of rotatable bonds is 2. The SMILES string of the molecule is N#Cc1ccc(N2C(=O)NC(c3ccccc3)C2=O)cc1. The minimum Gasteiger partial charge on any atom is -0.321 e. The van der Waals surface area contributed by atoms with Crippen molar-refractivity contribution in [1.29, 1.82) is 5.26 Å². The summed E-state index contributed by atoms with van der Waals surface area (Å²) in [5.41, 5.74) is 1.67. The first-order chi connectivity index (χ1) is 10.2. The summed E-state index contributed by atoms with van der Waals surface area (Å²) in [6.07, 6.45) is 0. The number of nitrogens with one attached hydrogen (secondary N) is 1. The van der Waals surface area contributed by atoms with Gasteiger partial charge in [-0.15, -0.1) is 0 Å². The standard InChI is InChI=1S/C16H11N3O2/c17-10-11-6-8-13(9-7-11)19-15(20)14(18-16(19)21)12-4-2-1-3-5-12/h1-9,14H,(H,18,21). The van der Waals surface area contributed by atoms with E-state index in [0.717, 1.165) is 10.5 Å². The molecule has 1 N–H and O–H groups in total. The molecule has 5 heteroatoms. The minimum absolute atomic E-state index is 0.323. The molecule has 0 aromatic heterocycles. The van der Waals surface area contributed by atoms with Gasteiger partial charge in [0.05, 0.1) is 17.3 Å². The molecule has 1 saturated heterocycles. The Kier molecular flexibility index (Phi) is 3.13. The zero-order valence-electron chi connectivity index (χ0n) is 11.0. The van der Waals surface area contributed by atoms with Crippen LogP contribution in [0.2, 0.25) is 0 Å². The topological polar surface area (TPSA) is 73.2 Å². The lowest BCUT2D eigenvalue weighted by Crippen LogP contribution is -2.30. The van der Waals surface area contributed by atoms with Crippen LogP contribution < -0.4 is 10.2 Å². The number of imide groups is 1. The molecular formula is C16H11N3O2. The van der Waals surface area contributed by atoms with Gasteiger partial charge < -0.3 is 5.32 Å². The first kappa shape index (κ1) is 12.9. The molecule has 0 radical (unpaired) electrons. The summed E-state index contributed by atoms with van der Waals surface area (Å²) in [6, 6.07) is 16.3. The second kappa shape index (κ2) is 5.10. The number of carbonyl (C=O) groups excluding carboxylic acids is 2. The first-order valence-electron chi connectivity index (χ1n) is 6.40. The van der Waals surface area contributed by atoms with E-state index < -0.39 is 12.1 Å². The van der Waals surface area contributed by atoms with E-state index in [2.05, 4.69) is 5.32 Å². The maximum absolute atomic E-state index is 12.4. The molecule has 2 aromatic rings. The second-order valence-electron chi connectivity index (χ2n) is 4.63. The molecule has 5 nitrogen and oxygen atoms in total. The fourth-order valence-corrected chi connectivity index (χ4v) is 2.28. The molecule has 21 heavy (non-hydrogen) atoms. The highest BCUT2D eigenvalue weighted by atomic mass is 16.2.